The Labute approximate surface area is 83.8 Å². The van der Waals surface area contributed by atoms with Crippen molar-refractivity contribution in [3.05, 3.63) is 0 Å². The third-order valence-electron chi connectivity index (χ3n) is 2.02. The lowest BCUT2D eigenvalue weighted by molar-refractivity contribution is -0.120. The molecular formula is C9H18N2O3. The van der Waals surface area contributed by atoms with Crippen LogP contribution in [0.2, 0.25) is 0 Å². The maximum Gasteiger partial charge on any atom is 0.234 e. The van der Waals surface area contributed by atoms with Gasteiger partial charge in [-0.2, -0.15) is 0 Å². The number of nitrogens with one attached hydrogen (secondary N) is 2. The van der Waals surface area contributed by atoms with Gasteiger partial charge in [0.2, 0.25) is 5.91 Å². The quantitative estimate of drug-likeness (QED) is 0.539. The minimum absolute atomic E-state index is 0.0564. The zero-order valence-corrected chi connectivity index (χ0v) is 8.62. The molecule has 1 fully saturated rings. The van der Waals surface area contributed by atoms with Crippen molar-refractivity contribution in [2.24, 2.45) is 0 Å². The first-order chi connectivity index (χ1) is 6.59. The van der Waals surface area contributed by atoms with Crippen LogP contribution in [0.3, 0.4) is 0 Å². The Morgan fingerprint density at radius 2 is 2.29 bits per heavy atom. The predicted molar refractivity (Wildman–Crippen MR) is 51.9 cm³/mol. The second-order valence-electron chi connectivity index (χ2n) is 3.81. The summed E-state index contributed by atoms with van der Waals surface area (Å²) in [5.74, 6) is -0.0564. The zero-order chi connectivity index (χ0) is 10.6. The van der Waals surface area contributed by atoms with Crippen LogP contribution in [-0.4, -0.2) is 49.0 Å². The van der Waals surface area contributed by atoms with Crippen molar-refractivity contribution in [2.45, 2.75) is 32.0 Å². The molecule has 2 atom stereocenters. The summed E-state index contributed by atoms with van der Waals surface area (Å²) < 4.78 is 5.04. The molecule has 1 aliphatic rings. The molecule has 0 aromatic carbocycles. The van der Waals surface area contributed by atoms with E-state index in [4.69, 9.17) is 4.74 Å². The molecule has 0 bridgehead atoms. The Kier molecular flexibility index (Phi) is 4.31. The molecule has 1 aliphatic heterocycles. The van der Waals surface area contributed by atoms with E-state index in [1.807, 2.05) is 13.8 Å². The van der Waals surface area contributed by atoms with Gasteiger partial charge in [-0.1, -0.05) is 0 Å². The standard InChI is InChI=1S/C9H18N2O3/c1-6(2)11-9(13)3-10-7-4-14-5-8(7)12/h6-8,10,12H,3-5H2,1-2H3,(H,11,13). The van der Waals surface area contributed by atoms with E-state index in [0.29, 0.717) is 13.2 Å². The molecule has 0 spiro atoms. The van der Waals surface area contributed by atoms with Gasteiger partial charge in [0, 0.05) is 6.04 Å². The van der Waals surface area contributed by atoms with E-state index in [1.54, 1.807) is 0 Å². The lowest BCUT2D eigenvalue weighted by Gasteiger charge is -2.15. The molecule has 0 radical (unpaired) electrons. The van der Waals surface area contributed by atoms with Crippen LogP contribution in [0.1, 0.15) is 13.8 Å². The van der Waals surface area contributed by atoms with Gasteiger partial charge in [-0.15, -0.1) is 0 Å². The number of aliphatic hydroxyl groups is 1. The van der Waals surface area contributed by atoms with Gasteiger partial charge in [-0.3, -0.25) is 4.79 Å². The van der Waals surface area contributed by atoms with Gasteiger partial charge in [-0.25, -0.2) is 0 Å². The first-order valence-corrected chi connectivity index (χ1v) is 4.88. The van der Waals surface area contributed by atoms with Gasteiger partial charge in [-0.05, 0) is 13.8 Å². The summed E-state index contributed by atoms with van der Waals surface area (Å²) in [5, 5.41) is 15.1. The molecule has 5 nitrogen and oxygen atoms in total. The zero-order valence-electron chi connectivity index (χ0n) is 8.62. The Morgan fingerprint density at radius 3 is 2.79 bits per heavy atom. The van der Waals surface area contributed by atoms with E-state index in [2.05, 4.69) is 10.6 Å². The lowest BCUT2D eigenvalue weighted by Crippen LogP contribution is -2.45. The van der Waals surface area contributed by atoms with Crippen LogP contribution in [0.4, 0.5) is 0 Å². The smallest absolute Gasteiger partial charge is 0.234 e. The lowest BCUT2D eigenvalue weighted by atomic mass is 10.2. The average Bonchev–Trinajstić information content (AvgIpc) is 2.46. The first-order valence-electron chi connectivity index (χ1n) is 4.88. The van der Waals surface area contributed by atoms with Gasteiger partial charge >= 0.3 is 0 Å². The molecule has 5 heteroatoms. The molecule has 1 heterocycles. The fourth-order valence-electron chi connectivity index (χ4n) is 1.33. The number of hydrogen-bond donors (Lipinski definition) is 3. The van der Waals surface area contributed by atoms with Crippen LogP contribution in [0, 0.1) is 0 Å². The highest BCUT2D eigenvalue weighted by Crippen LogP contribution is 2.03. The summed E-state index contributed by atoms with van der Waals surface area (Å²) in [4.78, 5) is 11.2. The fraction of sp³-hybridized carbons (Fsp3) is 0.889. The fourth-order valence-corrected chi connectivity index (χ4v) is 1.33. The van der Waals surface area contributed by atoms with E-state index in [9.17, 15) is 9.90 Å². The highest BCUT2D eigenvalue weighted by Gasteiger charge is 2.25. The number of hydrogen-bond acceptors (Lipinski definition) is 4. The van der Waals surface area contributed by atoms with E-state index in [-0.39, 0.29) is 24.5 Å². The third kappa shape index (κ3) is 3.61. The molecule has 3 N–H and O–H groups in total. The van der Waals surface area contributed by atoms with Gasteiger partial charge < -0.3 is 20.5 Å². The van der Waals surface area contributed by atoms with E-state index >= 15 is 0 Å². The van der Waals surface area contributed by atoms with Crippen molar-refractivity contribution in [3.8, 4) is 0 Å². The van der Waals surface area contributed by atoms with Crippen molar-refractivity contribution in [1.29, 1.82) is 0 Å². The van der Waals surface area contributed by atoms with Crippen LogP contribution in [0.5, 0.6) is 0 Å². The summed E-state index contributed by atoms with van der Waals surface area (Å²) in [7, 11) is 0. The average molecular weight is 202 g/mol. The molecule has 1 saturated heterocycles. The summed E-state index contributed by atoms with van der Waals surface area (Å²) in [6.07, 6.45) is -0.498. The molecule has 2 unspecified atom stereocenters. The van der Waals surface area contributed by atoms with Crippen LogP contribution in [0.15, 0.2) is 0 Å². The molecule has 1 rings (SSSR count). The Morgan fingerprint density at radius 1 is 1.57 bits per heavy atom. The number of carbonyl (C=O) groups is 1. The molecule has 14 heavy (non-hydrogen) atoms. The molecule has 82 valence electrons. The highest BCUT2D eigenvalue weighted by molar-refractivity contribution is 5.78. The van der Waals surface area contributed by atoms with Crippen molar-refractivity contribution >= 4 is 5.91 Å². The molecule has 0 aliphatic carbocycles. The van der Waals surface area contributed by atoms with Crippen LogP contribution < -0.4 is 10.6 Å². The summed E-state index contributed by atoms with van der Waals surface area (Å²) in [6, 6.07) is 0.0296. The van der Waals surface area contributed by atoms with Crippen molar-refractivity contribution in [1.82, 2.24) is 10.6 Å². The molecular weight excluding hydrogens is 184 g/mol. The Balaban J connectivity index is 2.16. The second kappa shape index (κ2) is 5.29. The number of ether oxygens (including phenoxy) is 1. The monoisotopic (exact) mass is 202 g/mol. The Bertz CT molecular complexity index is 196. The van der Waals surface area contributed by atoms with E-state index < -0.39 is 6.10 Å². The third-order valence-corrected chi connectivity index (χ3v) is 2.02. The first kappa shape index (κ1) is 11.4. The number of amides is 1. The minimum Gasteiger partial charge on any atom is -0.389 e. The number of aliphatic hydroxyl groups excluding tert-OH is 1. The van der Waals surface area contributed by atoms with Gasteiger partial charge in [0.05, 0.1) is 31.9 Å². The minimum atomic E-state index is -0.498. The van der Waals surface area contributed by atoms with Crippen molar-refractivity contribution in [2.75, 3.05) is 19.8 Å². The molecule has 0 aromatic heterocycles. The largest absolute Gasteiger partial charge is 0.389 e. The van der Waals surface area contributed by atoms with Crippen LogP contribution in [-0.2, 0) is 9.53 Å². The molecule has 0 aromatic rings. The molecule has 0 saturated carbocycles. The van der Waals surface area contributed by atoms with Crippen molar-refractivity contribution in [3.63, 3.8) is 0 Å². The van der Waals surface area contributed by atoms with Crippen molar-refractivity contribution < 1.29 is 14.6 Å². The normalized spacial score (nSPS) is 26.9. The highest BCUT2D eigenvalue weighted by atomic mass is 16.5. The van der Waals surface area contributed by atoms with Crippen LogP contribution in [0.25, 0.3) is 0 Å². The topological polar surface area (TPSA) is 70.6 Å². The second-order valence-corrected chi connectivity index (χ2v) is 3.81. The summed E-state index contributed by atoms with van der Waals surface area (Å²) >= 11 is 0. The Hall–Kier alpha value is -0.650. The number of rotatable bonds is 4. The van der Waals surface area contributed by atoms with E-state index in [0.717, 1.165) is 0 Å². The van der Waals surface area contributed by atoms with Gasteiger partial charge in [0.25, 0.3) is 0 Å². The SMILES string of the molecule is CC(C)NC(=O)CNC1COCC1O. The maximum atomic E-state index is 11.2. The molecule has 1 amide bonds. The van der Waals surface area contributed by atoms with Gasteiger partial charge in [0.1, 0.15) is 0 Å². The number of carbonyl (C=O) groups excluding carboxylic acids is 1. The summed E-state index contributed by atoms with van der Waals surface area (Å²) in [5.41, 5.74) is 0. The van der Waals surface area contributed by atoms with Crippen LogP contribution >= 0.6 is 0 Å². The summed E-state index contributed by atoms with van der Waals surface area (Å²) in [6.45, 7) is 4.86. The predicted octanol–water partition coefficient (Wildman–Crippen LogP) is -1.14. The van der Waals surface area contributed by atoms with Gasteiger partial charge in [0.15, 0.2) is 0 Å². The maximum absolute atomic E-state index is 11.2. The van der Waals surface area contributed by atoms with E-state index in [1.165, 1.54) is 0 Å².